The van der Waals surface area contributed by atoms with Crippen molar-refractivity contribution in [2.75, 3.05) is 6.54 Å². The highest BCUT2D eigenvalue weighted by atomic mass is 127. The van der Waals surface area contributed by atoms with Crippen LogP contribution in [0.3, 0.4) is 0 Å². The first-order valence-corrected chi connectivity index (χ1v) is 7.60. The molecule has 1 saturated heterocycles. The Bertz CT molecular complexity index is 388. The van der Waals surface area contributed by atoms with Crippen molar-refractivity contribution in [3.63, 3.8) is 0 Å². The van der Waals surface area contributed by atoms with Crippen LogP contribution >= 0.6 is 33.9 Å². The number of amides is 1. The molecule has 2 nitrogen and oxygen atoms in total. The normalized spacial score (nSPS) is 20.8. The fourth-order valence-corrected chi connectivity index (χ4v) is 3.65. The largest absolute Gasteiger partial charge is 0.335 e. The van der Waals surface area contributed by atoms with E-state index < -0.39 is 0 Å². The van der Waals surface area contributed by atoms with Crippen LogP contribution in [0.4, 0.5) is 0 Å². The van der Waals surface area contributed by atoms with Crippen molar-refractivity contribution < 1.29 is 4.79 Å². The lowest BCUT2D eigenvalue weighted by Gasteiger charge is -2.27. The molecular weight excluding hydrogens is 333 g/mol. The monoisotopic (exact) mass is 349 g/mol. The maximum Gasteiger partial charge on any atom is 0.254 e. The summed E-state index contributed by atoms with van der Waals surface area (Å²) in [6.07, 6.45) is 2.31. The summed E-state index contributed by atoms with van der Waals surface area (Å²) in [6.45, 7) is 5.33. The summed E-state index contributed by atoms with van der Waals surface area (Å²) in [5, 5.41) is 1.97. The maximum atomic E-state index is 12.3. The van der Waals surface area contributed by atoms with Crippen LogP contribution in [0.25, 0.3) is 0 Å². The molecule has 2 heterocycles. The molecule has 1 aromatic heterocycles. The summed E-state index contributed by atoms with van der Waals surface area (Å²) < 4.78 is 1.18. The van der Waals surface area contributed by atoms with Crippen LogP contribution in [0.1, 0.15) is 37.0 Å². The Morgan fingerprint density at radius 1 is 1.62 bits per heavy atom. The quantitative estimate of drug-likeness (QED) is 0.747. The predicted octanol–water partition coefficient (Wildman–Crippen LogP) is 3.61. The third-order valence-corrected chi connectivity index (χ3v) is 4.93. The standard InChI is InChI=1S/C12H16INOS/c1-8(2)10-4-3-5-14(10)12(15)9-6-11(13)16-7-9/h6-8,10H,3-5H2,1-2H3. The van der Waals surface area contributed by atoms with Crippen LogP contribution in [-0.4, -0.2) is 23.4 Å². The number of hydrogen-bond acceptors (Lipinski definition) is 2. The zero-order valence-corrected chi connectivity index (χ0v) is 12.5. The van der Waals surface area contributed by atoms with E-state index in [1.807, 2.05) is 11.4 Å². The van der Waals surface area contributed by atoms with Gasteiger partial charge >= 0.3 is 0 Å². The van der Waals surface area contributed by atoms with E-state index in [1.165, 1.54) is 2.88 Å². The van der Waals surface area contributed by atoms with E-state index in [0.717, 1.165) is 24.9 Å². The average Bonchev–Trinajstić information content (AvgIpc) is 2.84. The molecule has 0 aliphatic carbocycles. The molecule has 0 saturated carbocycles. The number of nitrogens with zero attached hydrogens (tertiary/aromatic N) is 1. The van der Waals surface area contributed by atoms with E-state index >= 15 is 0 Å². The molecule has 0 N–H and O–H groups in total. The van der Waals surface area contributed by atoms with Gasteiger partial charge in [-0.1, -0.05) is 13.8 Å². The molecule has 1 fully saturated rings. The number of carbonyl (C=O) groups is 1. The van der Waals surface area contributed by atoms with Gasteiger partial charge in [0.2, 0.25) is 0 Å². The molecule has 0 radical (unpaired) electrons. The maximum absolute atomic E-state index is 12.3. The number of halogens is 1. The second-order valence-electron chi connectivity index (χ2n) is 4.59. The molecule has 1 aliphatic rings. The first kappa shape index (κ1) is 12.4. The Kier molecular flexibility index (Phi) is 3.89. The molecule has 1 aromatic rings. The summed E-state index contributed by atoms with van der Waals surface area (Å²) in [7, 11) is 0. The van der Waals surface area contributed by atoms with Crippen molar-refractivity contribution in [3.05, 3.63) is 19.9 Å². The van der Waals surface area contributed by atoms with Crippen molar-refractivity contribution in [3.8, 4) is 0 Å². The molecule has 1 aliphatic heterocycles. The van der Waals surface area contributed by atoms with Crippen molar-refractivity contribution in [1.29, 1.82) is 0 Å². The summed E-state index contributed by atoms with van der Waals surface area (Å²) in [5.41, 5.74) is 0.863. The molecule has 1 unspecified atom stereocenters. The molecule has 2 rings (SSSR count). The van der Waals surface area contributed by atoms with Gasteiger partial charge in [-0.05, 0) is 47.4 Å². The van der Waals surface area contributed by atoms with E-state index in [2.05, 4.69) is 41.3 Å². The minimum Gasteiger partial charge on any atom is -0.335 e. The summed E-state index contributed by atoms with van der Waals surface area (Å²) >= 11 is 3.90. The van der Waals surface area contributed by atoms with Gasteiger partial charge < -0.3 is 4.90 Å². The highest BCUT2D eigenvalue weighted by molar-refractivity contribution is 14.1. The number of carbonyl (C=O) groups excluding carboxylic acids is 1. The van der Waals surface area contributed by atoms with E-state index in [-0.39, 0.29) is 5.91 Å². The highest BCUT2D eigenvalue weighted by Crippen LogP contribution is 2.27. The van der Waals surface area contributed by atoms with Crippen LogP contribution in [0.15, 0.2) is 11.4 Å². The van der Waals surface area contributed by atoms with Gasteiger partial charge in [-0.25, -0.2) is 0 Å². The van der Waals surface area contributed by atoms with E-state index in [9.17, 15) is 4.79 Å². The molecule has 4 heteroatoms. The minimum atomic E-state index is 0.218. The van der Waals surface area contributed by atoms with Gasteiger partial charge in [0.25, 0.3) is 5.91 Å². The smallest absolute Gasteiger partial charge is 0.254 e. The lowest BCUT2D eigenvalue weighted by molar-refractivity contribution is 0.0702. The molecule has 0 aromatic carbocycles. The van der Waals surface area contributed by atoms with Crippen molar-refractivity contribution in [2.24, 2.45) is 5.92 Å². The van der Waals surface area contributed by atoms with Crippen LogP contribution < -0.4 is 0 Å². The van der Waals surface area contributed by atoms with E-state index in [4.69, 9.17) is 0 Å². The fourth-order valence-electron chi connectivity index (χ4n) is 2.33. The first-order chi connectivity index (χ1) is 7.59. The Hall–Kier alpha value is -0.100. The third kappa shape index (κ3) is 2.42. The van der Waals surface area contributed by atoms with E-state index in [0.29, 0.717) is 12.0 Å². The molecule has 16 heavy (non-hydrogen) atoms. The number of thiophene rings is 1. The predicted molar refractivity (Wildman–Crippen MR) is 75.9 cm³/mol. The molecule has 88 valence electrons. The van der Waals surface area contributed by atoms with Gasteiger partial charge in [-0.15, -0.1) is 11.3 Å². The molecule has 0 spiro atoms. The van der Waals surface area contributed by atoms with Gasteiger partial charge in [0.1, 0.15) is 0 Å². The zero-order chi connectivity index (χ0) is 11.7. The van der Waals surface area contributed by atoms with Crippen LogP contribution in [-0.2, 0) is 0 Å². The van der Waals surface area contributed by atoms with Gasteiger partial charge in [0.15, 0.2) is 0 Å². The second kappa shape index (κ2) is 5.04. The SMILES string of the molecule is CC(C)C1CCCN1C(=O)c1csc(I)c1. The molecule has 1 atom stereocenters. The lowest BCUT2D eigenvalue weighted by atomic mass is 10.0. The average molecular weight is 349 g/mol. The summed E-state index contributed by atoms with van der Waals surface area (Å²) in [6, 6.07) is 2.42. The van der Waals surface area contributed by atoms with Crippen LogP contribution in [0.5, 0.6) is 0 Å². The fraction of sp³-hybridized carbons (Fsp3) is 0.583. The van der Waals surface area contributed by atoms with Crippen molar-refractivity contribution in [1.82, 2.24) is 4.90 Å². The van der Waals surface area contributed by atoms with Gasteiger partial charge in [-0.3, -0.25) is 4.79 Å². The van der Waals surface area contributed by atoms with Crippen molar-refractivity contribution >= 4 is 39.8 Å². The molecule has 1 amide bonds. The van der Waals surface area contributed by atoms with Crippen LogP contribution in [0.2, 0.25) is 0 Å². The van der Waals surface area contributed by atoms with Gasteiger partial charge in [0.05, 0.1) is 8.45 Å². The Balaban J connectivity index is 2.15. The van der Waals surface area contributed by atoms with Gasteiger partial charge in [-0.2, -0.15) is 0 Å². The van der Waals surface area contributed by atoms with Crippen molar-refractivity contribution in [2.45, 2.75) is 32.7 Å². The Morgan fingerprint density at radius 2 is 2.38 bits per heavy atom. The number of likely N-dealkylation sites (tertiary alicyclic amines) is 1. The number of hydrogen-bond donors (Lipinski definition) is 0. The Labute approximate surface area is 114 Å². The summed E-state index contributed by atoms with van der Waals surface area (Å²) in [5.74, 6) is 0.777. The second-order valence-corrected chi connectivity index (χ2v) is 7.40. The van der Waals surface area contributed by atoms with E-state index in [1.54, 1.807) is 11.3 Å². The lowest BCUT2D eigenvalue weighted by Crippen LogP contribution is -2.38. The molecule has 0 bridgehead atoms. The van der Waals surface area contributed by atoms with Gasteiger partial charge in [0, 0.05) is 18.0 Å². The van der Waals surface area contributed by atoms with Crippen LogP contribution in [0, 0.1) is 8.80 Å². The topological polar surface area (TPSA) is 20.3 Å². The first-order valence-electron chi connectivity index (χ1n) is 5.64. The highest BCUT2D eigenvalue weighted by Gasteiger charge is 2.31. The third-order valence-electron chi connectivity index (χ3n) is 3.14. The number of rotatable bonds is 2. The molecular formula is C12H16INOS. The Morgan fingerprint density at radius 3 is 2.94 bits per heavy atom. The minimum absolute atomic E-state index is 0.218. The summed E-state index contributed by atoms with van der Waals surface area (Å²) in [4.78, 5) is 14.4. The zero-order valence-electron chi connectivity index (χ0n) is 9.57.